The Morgan fingerprint density at radius 3 is 2.33 bits per heavy atom. The van der Waals surface area contributed by atoms with Crippen LogP contribution in [0.1, 0.15) is 57.5 Å². The van der Waals surface area contributed by atoms with Gasteiger partial charge < -0.3 is 44.7 Å². The largest absolute Gasteiger partial charge is 0.515 e. The van der Waals surface area contributed by atoms with E-state index in [1.165, 1.54) is 46.3 Å². The summed E-state index contributed by atoms with van der Waals surface area (Å²) in [6, 6.07) is 3.17. The summed E-state index contributed by atoms with van der Waals surface area (Å²) in [6.45, 7) is 11.2. The summed E-state index contributed by atoms with van der Waals surface area (Å²) in [5.41, 5.74) is 0.182. The second-order valence-corrected chi connectivity index (χ2v) is 14.9. The maximum Gasteiger partial charge on any atom is 0.312 e. The minimum Gasteiger partial charge on any atom is -0.515 e. The number of hydrogen-bond acceptors (Lipinski definition) is 11. The van der Waals surface area contributed by atoms with Gasteiger partial charge in [-0.15, -0.1) is 0 Å². The number of fused-ring (bicyclic) bond motifs is 2. The lowest BCUT2D eigenvalue weighted by atomic mass is 9.78. The molecule has 55 heavy (non-hydrogen) atoms. The van der Waals surface area contributed by atoms with Gasteiger partial charge in [-0.2, -0.15) is 0 Å². The molecule has 2 aromatic carbocycles. The molecule has 2 aromatic heterocycles. The molecule has 14 heteroatoms. The van der Waals surface area contributed by atoms with Crippen LogP contribution in [0.2, 0.25) is 0 Å². The van der Waals surface area contributed by atoms with Crippen molar-refractivity contribution in [3.05, 3.63) is 86.4 Å². The number of ketones is 1. The number of aromatic hydroxyl groups is 1. The number of phenols is 1. The molecule has 2 aliphatic rings. The fourth-order valence-electron chi connectivity index (χ4n) is 7.64. The van der Waals surface area contributed by atoms with Gasteiger partial charge in [-0.1, -0.05) is 45.9 Å². The number of carbonyl (C=O) groups is 2. The first-order valence-electron chi connectivity index (χ1n) is 18.1. The van der Waals surface area contributed by atoms with Crippen molar-refractivity contribution in [3.63, 3.8) is 0 Å². The zero-order valence-corrected chi connectivity index (χ0v) is 31.9. The molecule has 14 nitrogen and oxygen atoms in total. The lowest BCUT2D eigenvalue weighted by Gasteiger charge is -2.36. The minimum absolute atomic E-state index is 0.0105. The quantitative estimate of drug-likeness (QED) is 0.166. The smallest absolute Gasteiger partial charge is 0.312 e. The Labute approximate surface area is 316 Å². The topological polar surface area (TPSA) is 213 Å². The van der Waals surface area contributed by atoms with Gasteiger partial charge in [-0.05, 0) is 32.1 Å². The molecule has 292 valence electrons. The maximum absolute atomic E-state index is 14.5. The van der Waals surface area contributed by atoms with Crippen LogP contribution < -0.4 is 20.7 Å². The Hall–Kier alpha value is -5.28. The Kier molecular flexibility index (Phi) is 10.6. The summed E-state index contributed by atoms with van der Waals surface area (Å²) >= 11 is 0. The number of aliphatic hydroxyl groups excluding tert-OH is 4. The molecule has 0 saturated carbocycles. The molecule has 4 bridgehead atoms. The number of phenolic OH excluding ortho intramolecular Hbond substituents is 1. The van der Waals surface area contributed by atoms with E-state index in [4.69, 9.17) is 14.2 Å². The third-order valence-corrected chi connectivity index (χ3v) is 11.3. The van der Waals surface area contributed by atoms with Crippen LogP contribution in [-0.4, -0.2) is 83.9 Å². The van der Waals surface area contributed by atoms with Gasteiger partial charge in [-0.3, -0.25) is 18.8 Å². The van der Waals surface area contributed by atoms with E-state index in [1.807, 2.05) is 0 Å². The number of aromatic nitrogens is 2. The highest BCUT2D eigenvalue weighted by Crippen LogP contribution is 2.44. The van der Waals surface area contributed by atoms with Gasteiger partial charge in [0, 0.05) is 65.6 Å². The Morgan fingerprint density at radius 2 is 1.65 bits per heavy atom. The molecule has 0 unspecified atom stereocenters. The van der Waals surface area contributed by atoms with E-state index in [1.54, 1.807) is 62.6 Å². The summed E-state index contributed by atoms with van der Waals surface area (Å²) in [4.78, 5) is 49.7. The predicted molar refractivity (Wildman–Crippen MR) is 204 cm³/mol. The third kappa shape index (κ3) is 6.52. The van der Waals surface area contributed by atoms with Crippen molar-refractivity contribution in [2.45, 2.75) is 78.7 Å². The number of imidazole rings is 1. The van der Waals surface area contributed by atoms with E-state index in [0.29, 0.717) is 10.9 Å². The van der Waals surface area contributed by atoms with Gasteiger partial charge in [0.05, 0.1) is 53.4 Å². The van der Waals surface area contributed by atoms with Gasteiger partial charge in [0.1, 0.15) is 22.3 Å². The predicted octanol–water partition coefficient (Wildman–Crippen LogP) is 3.37. The summed E-state index contributed by atoms with van der Waals surface area (Å²) in [7, 11) is 1.44. The summed E-state index contributed by atoms with van der Waals surface area (Å²) in [5, 5.41) is 55.4. The summed E-state index contributed by atoms with van der Waals surface area (Å²) in [5.74, 6) is -6.50. The summed E-state index contributed by atoms with van der Waals surface area (Å²) < 4.78 is 19.3. The molecule has 6 rings (SSSR count). The van der Waals surface area contributed by atoms with Gasteiger partial charge >= 0.3 is 5.79 Å². The minimum atomic E-state index is -1.99. The number of aliphatic hydroxyl groups is 4. The molecule has 4 aromatic rings. The number of carbonyl (C=O) groups excluding carboxylic acids is 2. The molecule has 0 saturated heterocycles. The number of amides is 1. The van der Waals surface area contributed by atoms with Gasteiger partial charge in [0.15, 0.2) is 11.2 Å². The normalized spacial score (nSPS) is 32.1. The standard InChI is InChI=1S/C41H47N3O11/c1-18-10-9-11-19(2)40(52)43-31-32-30(42-26-16-24(17-45)12-14-44(26)32)27-28(37(31)50)36(49)23(6)38-29(27)39(51)41(7,55-38)54-15-13-25(53-8)20(3)34(47)22(5)35(48)21(4)33(18)46/h9-18,20-22,25,33-35,42,45-48,50H,1-8H3/b10-9+,15-13+,19-11-,24-17?,43-31?/t18-,20+,21+,22-,25-,33-,34+,35+,41-/m0/s1. The molecule has 2 aliphatic heterocycles. The second kappa shape index (κ2) is 14.8. The van der Waals surface area contributed by atoms with Crippen LogP contribution in [0.25, 0.3) is 33.7 Å². The van der Waals surface area contributed by atoms with E-state index in [-0.39, 0.29) is 49.6 Å². The number of ether oxygens (including phenoxy) is 3. The van der Waals surface area contributed by atoms with Crippen LogP contribution in [0.5, 0.6) is 11.5 Å². The van der Waals surface area contributed by atoms with Gasteiger partial charge in [0.25, 0.3) is 11.7 Å². The van der Waals surface area contributed by atoms with Crippen LogP contribution in [0, 0.1) is 30.6 Å². The SMILES string of the molecule is CO[C@H]1/C=C/O[C@@]2(C)Oc3c(C)c(=O)c4c(O)c(c5c([nH]c6cc(=CO)ccn65)c4c3C2=O)=NC(=O)/C(C)=C\C=C\[C@H](C)[C@H](O)[C@@H](C)[C@@H](O)[C@@H](C)[C@H](O)[C@@H]1C. The monoisotopic (exact) mass is 757 g/mol. The number of benzene rings is 2. The van der Waals surface area contributed by atoms with Crippen molar-refractivity contribution >= 4 is 45.4 Å². The van der Waals surface area contributed by atoms with E-state index in [0.717, 1.165) is 6.26 Å². The number of methoxy groups -OCH3 is 1. The van der Waals surface area contributed by atoms with Crippen LogP contribution in [0.4, 0.5) is 0 Å². The number of aromatic amines is 1. The number of pyridine rings is 1. The highest BCUT2D eigenvalue weighted by atomic mass is 16.7. The maximum atomic E-state index is 14.5. The Morgan fingerprint density at radius 1 is 0.982 bits per heavy atom. The lowest BCUT2D eigenvalue weighted by molar-refractivity contribution is -0.114. The number of Topliss-reactive ketones (excluding diaryl/α,β-unsaturated/α-hetero) is 1. The molecule has 9 atom stereocenters. The van der Waals surface area contributed by atoms with Crippen LogP contribution in [-0.2, 0) is 14.3 Å². The number of nitrogens with one attached hydrogen (secondary N) is 1. The lowest BCUT2D eigenvalue weighted by Crippen LogP contribution is -2.44. The average Bonchev–Trinajstić information content (AvgIpc) is 3.68. The van der Waals surface area contributed by atoms with Crippen molar-refractivity contribution in [1.82, 2.24) is 9.38 Å². The second-order valence-electron chi connectivity index (χ2n) is 14.9. The zero-order chi connectivity index (χ0) is 40.3. The number of hydrogen-bond donors (Lipinski definition) is 6. The molecular formula is C41H47N3O11. The van der Waals surface area contributed by atoms with Crippen molar-refractivity contribution in [2.24, 2.45) is 28.7 Å². The van der Waals surface area contributed by atoms with Crippen molar-refractivity contribution < 1.29 is 49.3 Å². The van der Waals surface area contributed by atoms with Crippen LogP contribution in [0.15, 0.2) is 64.3 Å². The molecule has 0 radical (unpaired) electrons. The Bertz CT molecular complexity index is 2500. The molecule has 0 aliphatic carbocycles. The first-order chi connectivity index (χ1) is 26.0. The number of H-pyrrole nitrogens is 1. The van der Waals surface area contributed by atoms with Gasteiger partial charge in [-0.25, -0.2) is 4.99 Å². The van der Waals surface area contributed by atoms with Crippen molar-refractivity contribution in [3.8, 4) is 11.5 Å². The van der Waals surface area contributed by atoms with Crippen molar-refractivity contribution in [2.75, 3.05) is 7.11 Å². The highest BCUT2D eigenvalue weighted by Gasteiger charge is 2.49. The Balaban J connectivity index is 1.64. The van der Waals surface area contributed by atoms with E-state index in [2.05, 4.69) is 9.98 Å². The number of nitrogens with zero attached hydrogens (tertiary/aromatic N) is 2. The fourth-order valence-corrected chi connectivity index (χ4v) is 7.64. The number of allylic oxidation sites excluding steroid dienone is 2. The molecule has 0 fully saturated rings. The summed E-state index contributed by atoms with van der Waals surface area (Å²) in [6.07, 6.45) is 5.96. The molecular weight excluding hydrogens is 710 g/mol. The molecule has 0 spiro atoms. The van der Waals surface area contributed by atoms with Crippen molar-refractivity contribution in [1.29, 1.82) is 0 Å². The first kappa shape index (κ1) is 39.4. The van der Waals surface area contributed by atoms with E-state index >= 15 is 0 Å². The molecule has 6 N–H and O–H groups in total. The average molecular weight is 758 g/mol. The van der Waals surface area contributed by atoms with Gasteiger partial charge in [0.2, 0.25) is 0 Å². The first-order valence-corrected chi connectivity index (χ1v) is 18.1. The third-order valence-electron chi connectivity index (χ3n) is 11.3. The highest BCUT2D eigenvalue weighted by molar-refractivity contribution is 6.23. The van der Waals surface area contributed by atoms with E-state index < -0.39 is 76.7 Å². The zero-order valence-electron chi connectivity index (χ0n) is 31.9. The van der Waals surface area contributed by atoms with E-state index in [9.17, 15) is 39.9 Å². The molecule has 1 amide bonds. The number of rotatable bonds is 1. The molecule has 4 heterocycles. The fraction of sp³-hybridized carbons (Fsp3) is 0.415. The van der Waals surface area contributed by atoms with Crippen LogP contribution >= 0.6 is 0 Å². The van der Waals surface area contributed by atoms with Crippen LogP contribution in [0.3, 0.4) is 0 Å².